The zero-order valence-corrected chi connectivity index (χ0v) is 14.9. The predicted molar refractivity (Wildman–Crippen MR) is 96.9 cm³/mol. The van der Waals surface area contributed by atoms with Crippen LogP contribution in [0.25, 0.3) is 0 Å². The molecule has 1 aliphatic carbocycles. The van der Waals surface area contributed by atoms with Gasteiger partial charge in [-0.25, -0.2) is 15.0 Å². The number of ether oxygens (including phenoxy) is 1. The first kappa shape index (κ1) is 16.3. The molecule has 0 spiro atoms. The summed E-state index contributed by atoms with van der Waals surface area (Å²) in [5, 5.41) is 0. The van der Waals surface area contributed by atoms with Gasteiger partial charge < -0.3 is 9.64 Å². The van der Waals surface area contributed by atoms with E-state index in [1.165, 1.54) is 18.5 Å². The lowest BCUT2D eigenvalue weighted by Crippen LogP contribution is -2.51. The van der Waals surface area contributed by atoms with E-state index in [0.717, 1.165) is 37.7 Å². The third-order valence-electron chi connectivity index (χ3n) is 5.11. The van der Waals surface area contributed by atoms with Crippen LogP contribution in [0.15, 0.2) is 30.6 Å². The van der Waals surface area contributed by atoms with Crippen LogP contribution in [0.3, 0.4) is 0 Å². The minimum Gasteiger partial charge on any atom is -0.481 e. The third kappa shape index (κ3) is 3.74. The Morgan fingerprint density at radius 2 is 2.08 bits per heavy atom. The molecule has 0 amide bonds. The van der Waals surface area contributed by atoms with Crippen molar-refractivity contribution in [1.29, 1.82) is 0 Å². The van der Waals surface area contributed by atoms with Crippen molar-refractivity contribution in [2.75, 3.05) is 31.6 Å². The quantitative estimate of drug-likeness (QED) is 0.834. The molecule has 2 fully saturated rings. The summed E-state index contributed by atoms with van der Waals surface area (Å²) in [6, 6.07) is 8.58. The summed E-state index contributed by atoms with van der Waals surface area (Å²) in [5.41, 5.74) is 2.26. The van der Waals surface area contributed by atoms with E-state index in [0.29, 0.717) is 17.8 Å². The average molecular weight is 339 g/mol. The molecule has 4 rings (SSSR count). The second kappa shape index (κ2) is 6.96. The molecule has 6 nitrogen and oxygen atoms in total. The minimum atomic E-state index is 0.445. The summed E-state index contributed by atoms with van der Waals surface area (Å²) in [6.45, 7) is 6.09. The molecule has 0 N–H and O–H groups in total. The van der Waals surface area contributed by atoms with Crippen molar-refractivity contribution in [1.82, 2.24) is 19.9 Å². The lowest BCUT2D eigenvalue weighted by molar-refractivity contribution is 0.178. The number of piperazine rings is 1. The standard InChI is InChI=1S/C19H25N5O/c1-14-11-24(18-10-17(15-6-7-15)20-13-21-18)9-8-23(14)12-16-4-3-5-19(22-16)25-2/h3-5,10,13-15H,6-9,11-12H2,1-2H3. The van der Waals surface area contributed by atoms with E-state index in [-0.39, 0.29) is 0 Å². The van der Waals surface area contributed by atoms with E-state index in [4.69, 9.17) is 4.74 Å². The van der Waals surface area contributed by atoms with E-state index in [1.807, 2.05) is 12.1 Å². The Bertz CT molecular complexity index is 733. The van der Waals surface area contributed by atoms with Crippen LogP contribution in [0.2, 0.25) is 0 Å². The summed E-state index contributed by atoms with van der Waals surface area (Å²) < 4.78 is 5.23. The largest absolute Gasteiger partial charge is 0.481 e. The first-order chi connectivity index (χ1) is 12.2. The lowest BCUT2D eigenvalue weighted by Gasteiger charge is -2.40. The molecule has 132 valence electrons. The summed E-state index contributed by atoms with van der Waals surface area (Å²) in [5.74, 6) is 2.42. The number of methoxy groups -OCH3 is 1. The van der Waals surface area contributed by atoms with Gasteiger partial charge in [-0.15, -0.1) is 0 Å². The molecule has 0 radical (unpaired) electrons. The maximum atomic E-state index is 5.23. The van der Waals surface area contributed by atoms with E-state index in [9.17, 15) is 0 Å². The van der Waals surface area contributed by atoms with E-state index in [1.54, 1.807) is 13.4 Å². The fourth-order valence-corrected chi connectivity index (χ4v) is 3.44. The summed E-state index contributed by atoms with van der Waals surface area (Å²) >= 11 is 0. The molecule has 1 saturated heterocycles. The second-order valence-corrected chi connectivity index (χ2v) is 7.01. The molecule has 0 aromatic carbocycles. The SMILES string of the molecule is COc1cccc(CN2CCN(c3cc(C4CC4)ncn3)CC2C)n1. The van der Waals surface area contributed by atoms with Gasteiger partial charge >= 0.3 is 0 Å². The van der Waals surface area contributed by atoms with Crippen molar-refractivity contribution in [2.45, 2.75) is 38.3 Å². The van der Waals surface area contributed by atoms with Crippen molar-refractivity contribution in [2.24, 2.45) is 0 Å². The van der Waals surface area contributed by atoms with Crippen LogP contribution < -0.4 is 9.64 Å². The minimum absolute atomic E-state index is 0.445. The number of pyridine rings is 1. The Morgan fingerprint density at radius 1 is 1.20 bits per heavy atom. The smallest absolute Gasteiger partial charge is 0.213 e. The van der Waals surface area contributed by atoms with Crippen LogP contribution in [0.4, 0.5) is 5.82 Å². The van der Waals surface area contributed by atoms with Gasteiger partial charge in [-0.2, -0.15) is 0 Å². The predicted octanol–water partition coefficient (Wildman–Crippen LogP) is 2.47. The van der Waals surface area contributed by atoms with Gasteiger partial charge in [-0.3, -0.25) is 4.90 Å². The molecule has 25 heavy (non-hydrogen) atoms. The van der Waals surface area contributed by atoms with Crippen LogP contribution in [-0.4, -0.2) is 52.6 Å². The van der Waals surface area contributed by atoms with Crippen LogP contribution in [-0.2, 0) is 6.54 Å². The van der Waals surface area contributed by atoms with E-state index >= 15 is 0 Å². The van der Waals surface area contributed by atoms with Gasteiger partial charge in [0.25, 0.3) is 0 Å². The highest BCUT2D eigenvalue weighted by Crippen LogP contribution is 2.39. The van der Waals surface area contributed by atoms with Crippen molar-refractivity contribution in [3.63, 3.8) is 0 Å². The van der Waals surface area contributed by atoms with Gasteiger partial charge in [-0.05, 0) is 25.8 Å². The van der Waals surface area contributed by atoms with Crippen molar-refractivity contribution in [3.8, 4) is 5.88 Å². The molecule has 1 unspecified atom stereocenters. The van der Waals surface area contributed by atoms with Gasteiger partial charge in [-0.1, -0.05) is 6.07 Å². The number of rotatable bonds is 5. The molecule has 1 aliphatic heterocycles. The van der Waals surface area contributed by atoms with Gasteiger partial charge in [0.05, 0.1) is 12.8 Å². The van der Waals surface area contributed by atoms with Gasteiger partial charge in [0.15, 0.2) is 0 Å². The molecule has 1 saturated carbocycles. The molecule has 6 heteroatoms. The molecular weight excluding hydrogens is 314 g/mol. The summed E-state index contributed by atoms with van der Waals surface area (Å²) in [7, 11) is 1.66. The molecule has 2 aromatic heterocycles. The zero-order valence-electron chi connectivity index (χ0n) is 14.9. The number of nitrogens with zero attached hydrogens (tertiary/aromatic N) is 5. The van der Waals surface area contributed by atoms with Gasteiger partial charge in [0.1, 0.15) is 12.1 Å². The maximum Gasteiger partial charge on any atom is 0.213 e. The highest BCUT2D eigenvalue weighted by Gasteiger charge is 2.28. The van der Waals surface area contributed by atoms with Crippen LogP contribution in [0, 0.1) is 0 Å². The topological polar surface area (TPSA) is 54.4 Å². The Kier molecular flexibility index (Phi) is 4.53. The Morgan fingerprint density at radius 3 is 2.84 bits per heavy atom. The molecule has 3 heterocycles. The van der Waals surface area contributed by atoms with Crippen LogP contribution in [0.5, 0.6) is 5.88 Å². The fraction of sp³-hybridized carbons (Fsp3) is 0.526. The van der Waals surface area contributed by atoms with Crippen LogP contribution in [0.1, 0.15) is 37.1 Å². The first-order valence-electron chi connectivity index (χ1n) is 9.04. The normalized spacial score (nSPS) is 21.4. The highest BCUT2D eigenvalue weighted by atomic mass is 16.5. The summed E-state index contributed by atoms with van der Waals surface area (Å²) in [6.07, 6.45) is 4.27. The van der Waals surface area contributed by atoms with Gasteiger partial charge in [0, 0.05) is 56.0 Å². The molecular formula is C19H25N5O. The van der Waals surface area contributed by atoms with Crippen molar-refractivity contribution in [3.05, 3.63) is 42.0 Å². The Hall–Kier alpha value is -2.21. The lowest BCUT2D eigenvalue weighted by atomic mass is 10.1. The molecule has 2 aromatic rings. The van der Waals surface area contributed by atoms with Gasteiger partial charge in [0.2, 0.25) is 5.88 Å². The van der Waals surface area contributed by atoms with Crippen molar-refractivity contribution < 1.29 is 4.74 Å². The Labute approximate surface area is 148 Å². The third-order valence-corrected chi connectivity index (χ3v) is 5.11. The molecule has 2 aliphatic rings. The average Bonchev–Trinajstić information content (AvgIpc) is 3.49. The fourth-order valence-electron chi connectivity index (χ4n) is 3.44. The molecule has 0 bridgehead atoms. The number of anilines is 1. The number of aromatic nitrogens is 3. The summed E-state index contributed by atoms with van der Waals surface area (Å²) in [4.78, 5) is 18.3. The number of hydrogen-bond donors (Lipinski definition) is 0. The number of hydrogen-bond acceptors (Lipinski definition) is 6. The Balaban J connectivity index is 1.40. The zero-order chi connectivity index (χ0) is 17.2. The van der Waals surface area contributed by atoms with E-state index in [2.05, 4.69) is 43.8 Å². The second-order valence-electron chi connectivity index (χ2n) is 7.01. The van der Waals surface area contributed by atoms with Crippen LogP contribution >= 0.6 is 0 Å². The first-order valence-corrected chi connectivity index (χ1v) is 9.04. The maximum absolute atomic E-state index is 5.23. The monoisotopic (exact) mass is 339 g/mol. The van der Waals surface area contributed by atoms with Crippen molar-refractivity contribution >= 4 is 5.82 Å². The van der Waals surface area contributed by atoms with E-state index < -0.39 is 0 Å². The highest BCUT2D eigenvalue weighted by molar-refractivity contribution is 5.41. The molecule has 1 atom stereocenters.